The summed E-state index contributed by atoms with van der Waals surface area (Å²) in [6.07, 6.45) is -4.20. The van der Waals surface area contributed by atoms with Crippen LogP contribution in [0.3, 0.4) is 0 Å². The molecule has 0 saturated heterocycles. The number of ether oxygens (including phenoxy) is 3. The number of hydrogen-bond donors (Lipinski definition) is 0. The average molecular weight is 497 g/mol. The first kappa shape index (κ1) is 23.7. The molecule has 2 aliphatic heterocycles. The molecule has 3 aromatic carbocycles. The average Bonchev–Trinajstić information content (AvgIpc) is 3.43. The second-order valence-corrected chi connectivity index (χ2v) is 8.66. The van der Waals surface area contributed by atoms with Crippen LogP contribution in [0, 0.1) is 0 Å². The standard InChI is InChI=1S/C27H22F3NO5/c1-34-25(32)11-17-15-36-24-12-20(9-10-21(17)24)35-14-16-3-2-4-22-23(16)13-31(26(22)33)19-7-5-18(6-8-19)27(28,29)30/h2-10,12,17H,11,13-15H2,1H3/t17-/m0/s1. The van der Waals surface area contributed by atoms with Crippen molar-refractivity contribution in [2.75, 3.05) is 18.6 Å². The minimum Gasteiger partial charge on any atom is -0.492 e. The fourth-order valence-electron chi connectivity index (χ4n) is 4.53. The summed E-state index contributed by atoms with van der Waals surface area (Å²) in [6, 6.07) is 15.3. The predicted molar refractivity (Wildman–Crippen MR) is 124 cm³/mol. The van der Waals surface area contributed by atoms with Crippen LogP contribution in [0.25, 0.3) is 0 Å². The van der Waals surface area contributed by atoms with Crippen LogP contribution >= 0.6 is 0 Å². The van der Waals surface area contributed by atoms with Crippen LogP contribution in [-0.4, -0.2) is 25.6 Å². The Morgan fingerprint density at radius 1 is 1.11 bits per heavy atom. The van der Waals surface area contributed by atoms with E-state index in [0.717, 1.165) is 28.8 Å². The minimum atomic E-state index is -4.44. The first-order chi connectivity index (χ1) is 17.2. The zero-order valence-corrected chi connectivity index (χ0v) is 19.3. The van der Waals surface area contributed by atoms with Gasteiger partial charge in [-0.3, -0.25) is 9.59 Å². The van der Waals surface area contributed by atoms with Gasteiger partial charge in [-0.1, -0.05) is 18.2 Å². The highest BCUT2D eigenvalue weighted by Gasteiger charge is 2.33. The number of methoxy groups -OCH3 is 1. The third-order valence-corrected chi connectivity index (χ3v) is 6.47. The van der Waals surface area contributed by atoms with E-state index >= 15 is 0 Å². The van der Waals surface area contributed by atoms with Crippen molar-refractivity contribution in [3.63, 3.8) is 0 Å². The van der Waals surface area contributed by atoms with E-state index in [1.54, 1.807) is 24.3 Å². The SMILES string of the molecule is COC(=O)C[C@H]1COc2cc(OCc3cccc4c3CN(c3ccc(C(F)(F)F)cc3)C4=O)ccc21. The minimum absolute atomic E-state index is 0.0684. The van der Waals surface area contributed by atoms with Crippen LogP contribution in [-0.2, 0) is 28.9 Å². The van der Waals surface area contributed by atoms with Crippen molar-refractivity contribution < 1.29 is 37.0 Å². The second kappa shape index (κ2) is 9.22. The zero-order chi connectivity index (χ0) is 25.4. The number of halogens is 3. The largest absolute Gasteiger partial charge is 0.492 e. The normalized spacial score (nSPS) is 16.4. The summed E-state index contributed by atoms with van der Waals surface area (Å²) >= 11 is 0. The van der Waals surface area contributed by atoms with Crippen molar-refractivity contribution in [3.05, 3.63) is 88.5 Å². The Morgan fingerprint density at radius 3 is 2.61 bits per heavy atom. The molecule has 5 rings (SSSR count). The molecule has 2 heterocycles. The highest BCUT2D eigenvalue weighted by molar-refractivity contribution is 6.10. The molecular weight excluding hydrogens is 475 g/mol. The molecule has 36 heavy (non-hydrogen) atoms. The van der Waals surface area contributed by atoms with E-state index in [4.69, 9.17) is 14.2 Å². The van der Waals surface area contributed by atoms with E-state index in [1.807, 2.05) is 12.1 Å². The fourth-order valence-corrected chi connectivity index (χ4v) is 4.53. The highest BCUT2D eigenvalue weighted by Crippen LogP contribution is 2.39. The number of alkyl halides is 3. The van der Waals surface area contributed by atoms with Crippen molar-refractivity contribution in [1.82, 2.24) is 0 Å². The monoisotopic (exact) mass is 497 g/mol. The Morgan fingerprint density at radius 2 is 1.89 bits per heavy atom. The third-order valence-electron chi connectivity index (χ3n) is 6.47. The summed E-state index contributed by atoms with van der Waals surface area (Å²) in [6.45, 7) is 0.825. The lowest BCUT2D eigenvalue weighted by molar-refractivity contribution is -0.141. The number of carbonyl (C=O) groups excluding carboxylic acids is 2. The lowest BCUT2D eigenvalue weighted by Gasteiger charge is -2.17. The molecular formula is C27H22F3NO5. The van der Waals surface area contributed by atoms with Crippen molar-refractivity contribution in [2.45, 2.75) is 31.7 Å². The molecule has 0 aromatic heterocycles. The van der Waals surface area contributed by atoms with E-state index in [0.29, 0.717) is 29.4 Å². The third kappa shape index (κ3) is 4.48. The number of fused-ring (bicyclic) bond motifs is 2. The van der Waals surface area contributed by atoms with Gasteiger partial charge in [-0.25, -0.2) is 0 Å². The summed E-state index contributed by atoms with van der Waals surface area (Å²) in [5.41, 5.74) is 2.64. The number of nitrogens with zero attached hydrogens (tertiary/aromatic N) is 1. The number of rotatable bonds is 6. The van der Waals surface area contributed by atoms with Crippen molar-refractivity contribution >= 4 is 17.6 Å². The number of anilines is 1. The molecule has 0 bridgehead atoms. The first-order valence-corrected chi connectivity index (χ1v) is 11.3. The topological polar surface area (TPSA) is 65.1 Å². The van der Waals surface area contributed by atoms with Gasteiger partial charge in [-0.15, -0.1) is 0 Å². The quantitative estimate of drug-likeness (QED) is 0.422. The summed E-state index contributed by atoms with van der Waals surface area (Å²) < 4.78 is 55.2. The lowest BCUT2D eigenvalue weighted by Crippen LogP contribution is -2.23. The van der Waals surface area contributed by atoms with E-state index in [9.17, 15) is 22.8 Å². The molecule has 0 unspecified atom stereocenters. The Bertz CT molecular complexity index is 1320. The molecule has 6 nitrogen and oxygen atoms in total. The van der Waals surface area contributed by atoms with Crippen LogP contribution < -0.4 is 14.4 Å². The molecule has 0 saturated carbocycles. The number of benzene rings is 3. The van der Waals surface area contributed by atoms with Gasteiger partial charge in [-0.05, 0) is 47.5 Å². The molecule has 2 aliphatic rings. The van der Waals surface area contributed by atoms with Crippen LogP contribution in [0.4, 0.5) is 18.9 Å². The zero-order valence-electron chi connectivity index (χ0n) is 19.3. The molecule has 0 spiro atoms. The van der Waals surface area contributed by atoms with Gasteiger partial charge in [0.25, 0.3) is 5.91 Å². The van der Waals surface area contributed by atoms with Gasteiger partial charge < -0.3 is 19.1 Å². The maximum absolute atomic E-state index is 13.0. The molecule has 3 aromatic rings. The molecule has 1 amide bonds. The van der Waals surface area contributed by atoms with Crippen LogP contribution in [0.2, 0.25) is 0 Å². The Labute approximate surface area is 205 Å². The summed E-state index contributed by atoms with van der Waals surface area (Å²) in [7, 11) is 1.35. The predicted octanol–water partition coefficient (Wildman–Crippen LogP) is 5.48. The maximum Gasteiger partial charge on any atom is 0.416 e. The smallest absolute Gasteiger partial charge is 0.416 e. The molecule has 0 aliphatic carbocycles. The van der Waals surface area contributed by atoms with E-state index < -0.39 is 11.7 Å². The number of esters is 1. The van der Waals surface area contributed by atoms with E-state index in [-0.39, 0.29) is 37.4 Å². The van der Waals surface area contributed by atoms with Gasteiger partial charge in [0.1, 0.15) is 18.1 Å². The summed E-state index contributed by atoms with van der Waals surface area (Å²) in [4.78, 5) is 26.0. The lowest BCUT2D eigenvalue weighted by atomic mass is 9.98. The fraction of sp³-hybridized carbons (Fsp3) is 0.259. The van der Waals surface area contributed by atoms with Crippen molar-refractivity contribution in [3.8, 4) is 11.5 Å². The van der Waals surface area contributed by atoms with Gasteiger partial charge in [0.05, 0.1) is 32.2 Å². The Hall–Kier alpha value is -4.01. The van der Waals surface area contributed by atoms with Crippen LogP contribution in [0.1, 0.15) is 45.0 Å². The van der Waals surface area contributed by atoms with Gasteiger partial charge in [0.2, 0.25) is 0 Å². The van der Waals surface area contributed by atoms with Crippen molar-refractivity contribution in [2.24, 2.45) is 0 Å². The first-order valence-electron chi connectivity index (χ1n) is 11.3. The molecule has 0 fully saturated rings. The van der Waals surface area contributed by atoms with Crippen molar-refractivity contribution in [1.29, 1.82) is 0 Å². The van der Waals surface area contributed by atoms with Crippen LogP contribution in [0.5, 0.6) is 11.5 Å². The molecule has 9 heteroatoms. The van der Waals surface area contributed by atoms with Gasteiger partial charge in [-0.2, -0.15) is 13.2 Å². The van der Waals surface area contributed by atoms with E-state index in [1.165, 1.54) is 24.1 Å². The maximum atomic E-state index is 13.0. The number of carbonyl (C=O) groups is 2. The molecule has 1 atom stereocenters. The second-order valence-electron chi connectivity index (χ2n) is 8.66. The Kier molecular flexibility index (Phi) is 6.07. The van der Waals surface area contributed by atoms with Gasteiger partial charge in [0, 0.05) is 28.8 Å². The van der Waals surface area contributed by atoms with Gasteiger partial charge in [0.15, 0.2) is 0 Å². The number of hydrogen-bond acceptors (Lipinski definition) is 5. The highest BCUT2D eigenvalue weighted by atomic mass is 19.4. The van der Waals surface area contributed by atoms with Crippen LogP contribution in [0.15, 0.2) is 60.7 Å². The molecule has 0 N–H and O–H groups in total. The summed E-state index contributed by atoms with van der Waals surface area (Å²) in [5, 5.41) is 0. The Balaban J connectivity index is 1.29. The molecule has 186 valence electrons. The van der Waals surface area contributed by atoms with Gasteiger partial charge >= 0.3 is 12.1 Å². The number of amides is 1. The van der Waals surface area contributed by atoms with E-state index in [2.05, 4.69) is 0 Å². The molecule has 0 radical (unpaired) electrons. The summed E-state index contributed by atoms with van der Waals surface area (Å²) in [5.74, 6) is 0.599.